The number of carbonyl (C=O) groups is 1. The van der Waals surface area contributed by atoms with Crippen molar-refractivity contribution in [2.75, 3.05) is 5.32 Å². The molecule has 138 valence electrons. The predicted molar refractivity (Wildman–Crippen MR) is 111 cm³/mol. The molecule has 7 heteroatoms. The van der Waals surface area contributed by atoms with Crippen LogP contribution < -0.4 is 10.6 Å². The lowest BCUT2D eigenvalue weighted by Gasteiger charge is -2.10. The van der Waals surface area contributed by atoms with E-state index in [0.717, 1.165) is 28.7 Å². The summed E-state index contributed by atoms with van der Waals surface area (Å²) in [7, 11) is 0. The van der Waals surface area contributed by atoms with Gasteiger partial charge in [-0.25, -0.2) is 9.37 Å². The molecule has 0 spiro atoms. The highest BCUT2D eigenvalue weighted by molar-refractivity contribution is 7.80. The number of nitrogens with one attached hydrogen (secondary N) is 2. The van der Waals surface area contributed by atoms with Gasteiger partial charge in [-0.2, -0.15) is 0 Å². The van der Waals surface area contributed by atoms with Crippen LogP contribution in [-0.4, -0.2) is 20.4 Å². The minimum absolute atomic E-state index is 0.134. The number of imidazole rings is 1. The Balaban J connectivity index is 1.42. The topological polar surface area (TPSA) is 58.4 Å². The molecule has 0 aliphatic heterocycles. The van der Waals surface area contributed by atoms with Crippen molar-refractivity contribution in [3.63, 3.8) is 0 Å². The highest BCUT2D eigenvalue weighted by atomic mass is 32.1. The maximum atomic E-state index is 13.2. The largest absolute Gasteiger partial charge is 0.332 e. The van der Waals surface area contributed by atoms with Gasteiger partial charge in [0.25, 0.3) is 5.91 Å². The Morgan fingerprint density at radius 2 is 1.86 bits per heavy atom. The zero-order valence-electron chi connectivity index (χ0n) is 14.6. The summed E-state index contributed by atoms with van der Waals surface area (Å²) in [5.74, 6) is -0.951. The number of hydrogen-bond acceptors (Lipinski definition) is 3. The van der Waals surface area contributed by atoms with Gasteiger partial charge in [0.15, 0.2) is 5.11 Å². The Labute approximate surface area is 165 Å². The van der Waals surface area contributed by atoms with Crippen LogP contribution in [0.25, 0.3) is 16.9 Å². The van der Waals surface area contributed by atoms with Crippen LogP contribution in [0.4, 0.5) is 10.1 Å². The quantitative estimate of drug-likeness (QED) is 0.513. The van der Waals surface area contributed by atoms with Crippen LogP contribution in [0, 0.1) is 5.82 Å². The van der Waals surface area contributed by atoms with Crippen LogP contribution in [0.5, 0.6) is 0 Å². The third-order valence-corrected chi connectivity index (χ3v) is 4.32. The predicted octanol–water partition coefficient (Wildman–Crippen LogP) is 4.27. The number of thiocarbonyl (C=S) groups is 1. The smallest absolute Gasteiger partial charge is 0.257 e. The Kier molecular flexibility index (Phi) is 4.82. The van der Waals surface area contributed by atoms with Gasteiger partial charge in [0.1, 0.15) is 11.5 Å². The van der Waals surface area contributed by atoms with Crippen LogP contribution >= 0.6 is 12.2 Å². The van der Waals surface area contributed by atoms with Gasteiger partial charge >= 0.3 is 0 Å². The number of anilines is 1. The summed E-state index contributed by atoms with van der Waals surface area (Å²) in [5, 5.41) is 5.61. The lowest BCUT2D eigenvalue weighted by Crippen LogP contribution is -2.34. The van der Waals surface area contributed by atoms with Crippen LogP contribution in [0.15, 0.2) is 79.1 Å². The van der Waals surface area contributed by atoms with Crippen molar-refractivity contribution in [1.82, 2.24) is 14.7 Å². The van der Waals surface area contributed by atoms with Crippen molar-refractivity contribution in [3.05, 3.63) is 90.5 Å². The second kappa shape index (κ2) is 7.58. The highest BCUT2D eigenvalue weighted by Crippen LogP contribution is 2.21. The van der Waals surface area contributed by atoms with E-state index in [1.807, 2.05) is 59.3 Å². The van der Waals surface area contributed by atoms with Crippen molar-refractivity contribution in [3.8, 4) is 11.3 Å². The summed E-state index contributed by atoms with van der Waals surface area (Å²) in [6.45, 7) is 0. The Morgan fingerprint density at radius 3 is 2.61 bits per heavy atom. The number of hydrogen-bond donors (Lipinski definition) is 2. The molecule has 0 radical (unpaired) electrons. The number of pyridine rings is 1. The molecule has 1 amide bonds. The van der Waals surface area contributed by atoms with E-state index in [-0.39, 0.29) is 10.7 Å². The first kappa shape index (κ1) is 17.8. The summed E-state index contributed by atoms with van der Waals surface area (Å²) in [4.78, 5) is 16.7. The molecule has 2 heterocycles. The molecule has 2 N–H and O–H groups in total. The molecule has 2 aromatic heterocycles. The lowest BCUT2D eigenvalue weighted by atomic mass is 10.1. The number of benzene rings is 2. The average molecular weight is 390 g/mol. The molecule has 2 aromatic carbocycles. The molecule has 4 aromatic rings. The number of carbonyl (C=O) groups excluding carboxylic acids is 1. The maximum absolute atomic E-state index is 13.2. The third-order valence-electron chi connectivity index (χ3n) is 4.12. The maximum Gasteiger partial charge on any atom is 0.257 e. The van der Waals surface area contributed by atoms with E-state index in [1.165, 1.54) is 18.2 Å². The number of fused-ring (bicyclic) bond motifs is 1. The van der Waals surface area contributed by atoms with Crippen molar-refractivity contribution in [2.45, 2.75) is 0 Å². The minimum atomic E-state index is -0.478. The fourth-order valence-electron chi connectivity index (χ4n) is 2.77. The summed E-state index contributed by atoms with van der Waals surface area (Å²) < 4.78 is 15.2. The van der Waals surface area contributed by atoms with Gasteiger partial charge in [0, 0.05) is 29.2 Å². The number of nitrogens with zero attached hydrogens (tertiary/aromatic N) is 2. The number of aromatic nitrogens is 2. The monoisotopic (exact) mass is 390 g/mol. The normalized spacial score (nSPS) is 10.6. The first-order valence-corrected chi connectivity index (χ1v) is 8.91. The fourth-order valence-corrected chi connectivity index (χ4v) is 2.98. The van der Waals surface area contributed by atoms with Gasteiger partial charge in [0.2, 0.25) is 0 Å². The second-order valence-electron chi connectivity index (χ2n) is 6.09. The van der Waals surface area contributed by atoms with Crippen LogP contribution in [0.2, 0.25) is 0 Å². The number of rotatable bonds is 3. The van der Waals surface area contributed by atoms with E-state index < -0.39 is 11.7 Å². The SMILES string of the molecule is O=C(NC(=S)Nc1ccc(-c2cn3ccccc3n2)cc1)c1cccc(F)c1. The Morgan fingerprint density at radius 1 is 1.04 bits per heavy atom. The van der Waals surface area contributed by atoms with Crippen LogP contribution in [0.3, 0.4) is 0 Å². The molecule has 0 fully saturated rings. The molecule has 0 aliphatic rings. The molecule has 28 heavy (non-hydrogen) atoms. The van der Waals surface area contributed by atoms with E-state index in [0.29, 0.717) is 0 Å². The molecule has 0 unspecified atom stereocenters. The summed E-state index contributed by atoms with van der Waals surface area (Å²) in [6.07, 6.45) is 3.91. The first-order chi connectivity index (χ1) is 13.6. The molecule has 0 aliphatic carbocycles. The van der Waals surface area contributed by atoms with Gasteiger partial charge < -0.3 is 9.72 Å². The summed E-state index contributed by atoms with van der Waals surface area (Å²) >= 11 is 5.16. The molecule has 4 rings (SSSR count). The van der Waals surface area contributed by atoms with Crippen LogP contribution in [0.1, 0.15) is 10.4 Å². The van der Waals surface area contributed by atoms with Crippen molar-refractivity contribution >= 4 is 34.6 Å². The van der Waals surface area contributed by atoms with Gasteiger partial charge in [0.05, 0.1) is 5.69 Å². The van der Waals surface area contributed by atoms with E-state index in [9.17, 15) is 9.18 Å². The summed E-state index contributed by atoms with van der Waals surface area (Å²) in [5.41, 5.74) is 3.62. The second-order valence-corrected chi connectivity index (χ2v) is 6.50. The van der Waals surface area contributed by atoms with Gasteiger partial charge in [-0.3, -0.25) is 10.1 Å². The molecule has 0 saturated carbocycles. The van der Waals surface area contributed by atoms with E-state index in [4.69, 9.17) is 12.2 Å². The number of halogens is 1. The third kappa shape index (κ3) is 3.89. The van der Waals surface area contributed by atoms with Gasteiger partial charge in [-0.1, -0.05) is 24.3 Å². The van der Waals surface area contributed by atoms with E-state index in [1.54, 1.807) is 0 Å². The fraction of sp³-hybridized carbons (Fsp3) is 0. The molecule has 0 bridgehead atoms. The van der Waals surface area contributed by atoms with Gasteiger partial charge in [-0.15, -0.1) is 0 Å². The average Bonchev–Trinajstić information content (AvgIpc) is 3.12. The van der Waals surface area contributed by atoms with E-state index in [2.05, 4.69) is 15.6 Å². The standard InChI is InChI=1S/C21H15FN4OS/c22-16-5-3-4-15(12-16)20(27)25-21(28)23-17-9-7-14(8-10-17)18-13-26-11-2-1-6-19(26)24-18/h1-13H,(H2,23,25,27,28). The zero-order valence-corrected chi connectivity index (χ0v) is 15.4. The van der Waals surface area contributed by atoms with Crippen molar-refractivity contribution < 1.29 is 9.18 Å². The lowest BCUT2D eigenvalue weighted by molar-refractivity contribution is 0.0977. The minimum Gasteiger partial charge on any atom is -0.332 e. The zero-order chi connectivity index (χ0) is 19.5. The Hall–Kier alpha value is -3.58. The molecule has 0 atom stereocenters. The van der Waals surface area contributed by atoms with Crippen LogP contribution in [-0.2, 0) is 0 Å². The molecule has 0 saturated heterocycles. The van der Waals surface area contributed by atoms with Crippen molar-refractivity contribution in [1.29, 1.82) is 0 Å². The van der Waals surface area contributed by atoms with Gasteiger partial charge in [-0.05, 0) is 54.7 Å². The molecule has 5 nitrogen and oxygen atoms in total. The first-order valence-electron chi connectivity index (χ1n) is 8.50. The molecular formula is C21H15FN4OS. The molecular weight excluding hydrogens is 375 g/mol. The number of amides is 1. The van der Waals surface area contributed by atoms with Crippen molar-refractivity contribution in [2.24, 2.45) is 0 Å². The van der Waals surface area contributed by atoms with E-state index >= 15 is 0 Å². The summed E-state index contributed by atoms with van der Waals surface area (Å²) in [6, 6.07) is 18.8. The Bertz CT molecular complexity index is 1140. The highest BCUT2D eigenvalue weighted by Gasteiger charge is 2.09.